The second-order valence-corrected chi connectivity index (χ2v) is 13.8. The molecule has 0 radical (unpaired) electrons. The van der Waals surface area contributed by atoms with Crippen LogP contribution < -0.4 is 16.6 Å². The van der Waals surface area contributed by atoms with E-state index in [1.807, 2.05) is 0 Å². The number of nitrogen functional groups attached to an aromatic ring is 1. The lowest BCUT2D eigenvalue weighted by Gasteiger charge is -2.26. The summed E-state index contributed by atoms with van der Waals surface area (Å²) in [6.45, 7) is -1.58. The number of H-pyrrole nitrogens is 1. The largest absolute Gasteiger partial charge is 0.472 e. The van der Waals surface area contributed by atoms with Crippen LogP contribution in [0.25, 0.3) is 22.1 Å². The van der Waals surface area contributed by atoms with Gasteiger partial charge in [0.1, 0.15) is 54.4 Å². The van der Waals surface area contributed by atoms with Crippen molar-refractivity contribution in [3.8, 4) is 0 Å². The molecule has 0 aromatic carbocycles. The number of fused-ring (bicyclic) bond motifs is 5. The van der Waals surface area contributed by atoms with E-state index < -0.39 is 83.5 Å². The molecule has 7 heterocycles. The van der Waals surface area contributed by atoms with Crippen LogP contribution in [-0.2, 0) is 36.7 Å². The summed E-state index contributed by atoms with van der Waals surface area (Å²) >= 11 is 0. The molecule has 4 aromatic heterocycles. The topological polar surface area (TPSA) is 310 Å². The van der Waals surface area contributed by atoms with Crippen molar-refractivity contribution in [1.82, 2.24) is 29.1 Å². The third kappa shape index (κ3) is 6.05. The fourth-order valence-corrected chi connectivity index (χ4v) is 7.76. The van der Waals surface area contributed by atoms with Crippen molar-refractivity contribution in [2.75, 3.05) is 37.4 Å². The third-order valence-corrected chi connectivity index (χ3v) is 9.97. The lowest BCUT2D eigenvalue weighted by Crippen LogP contribution is -2.36. The van der Waals surface area contributed by atoms with Gasteiger partial charge in [-0.3, -0.25) is 27.9 Å². The minimum absolute atomic E-state index is 0.0177. The Morgan fingerprint density at radius 3 is 2.29 bits per heavy atom. The fraction of sp³-hybridized carbons (Fsp3) is 0.500. The number of anilines is 2. The van der Waals surface area contributed by atoms with Gasteiger partial charge >= 0.3 is 15.6 Å². The van der Waals surface area contributed by atoms with E-state index in [0.29, 0.717) is 11.2 Å². The molecule has 10 atom stereocenters. The SMILES string of the molecule is Nc1nc2c(ccn2C2OC3COP(=O)(O)OC4C(COP(=O)(O)OC2C3O)OC(n2ccc3c(NCCO)ncnc32)C4O)c(=O)[nH]1. The molecule has 0 spiro atoms. The molecule has 3 aliphatic heterocycles. The number of rotatable bonds is 5. The summed E-state index contributed by atoms with van der Waals surface area (Å²) in [7, 11) is -10.2. The number of hydrogen-bond donors (Lipinski definition) is 8. The maximum Gasteiger partial charge on any atom is 0.472 e. The summed E-state index contributed by atoms with van der Waals surface area (Å²) in [5, 5.41) is 35.0. The zero-order chi connectivity index (χ0) is 34.0. The minimum atomic E-state index is -5.10. The summed E-state index contributed by atoms with van der Waals surface area (Å²) in [5.41, 5.74) is 5.36. The molecule has 4 aromatic rings. The minimum Gasteiger partial charge on any atom is -0.395 e. The van der Waals surface area contributed by atoms with Gasteiger partial charge < -0.3 is 54.8 Å². The highest BCUT2D eigenvalue weighted by Crippen LogP contribution is 2.53. The highest BCUT2D eigenvalue weighted by molar-refractivity contribution is 7.47. The predicted molar refractivity (Wildman–Crippen MR) is 159 cm³/mol. The van der Waals surface area contributed by atoms with Gasteiger partial charge in [0.2, 0.25) is 5.95 Å². The fourth-order valence-electron chi connectivity index (χ4n) is 5.87. The standard InChI is InChI=1S/C24H30N8O14P2/c25-24-29-20-11(21(36)30-24)2-5-32(20)23-17-14(34)12(43-23)7-41-47(37,38)45-16-13(8-42-48(39,40)46-17)44-22(15(16)35)31-4-1-10-18(26-3-6-33)27-9-28-19(10)31/h1-2,4-5,9,12-17,22-23,33-35H,3,6-8H2,(H,37,38)(H,39,40)(H,26,27,28)(H3,25,29,30,36). The monoisotopic (exact) mass is 716 g/mol. The van der Waals surface area contributed by atoms with Crippen LogP contribution in [0, 0.1) is 0 Å². The van der Waals surface area contributed by atoms with Crippen LogP contribution in [0.1, 0.15) is 12.5 Å². The number of nitrogens with one attached hydrogen (secondary N) is 2. The van der Waals surface area contributed by atoms with Crippen LogP contribution in [0.3, 0.4) is 0 Å². The number of hydrogen-bond acceptors (Lipinski definition) is 17. The highest BCUT2D eigenvalue weighted by atomic mass is 31.2. The van der Waals surface area contributed by atoms with Crippen LogP contribution in [0.2, 0.25) is 0 Å². The van der Waals surface area contributed by atoms with Crippen molar-refractivity contribution in [2.45, 2.75) is 49.1 Å². The average Bonchev–Trinajstić information content (AvgIpc) is 3.79. The predicted octanol–water partition coefficient (Wildman–Crippen LogP) is -1.31. The molecule has 22 nitrogen and oxygen atoms in total. The van der Waals surface area contributed by atoms with Crippen LogP contribution in [-0.4, -0.2) is 117 Å². The molecule has 3 fully saturated rings. The van der Waals surface area contributed by atoms with Gasteiger partial charge in [0.25, 0.3) is 5.56 Å². The molecule has 9 N–H and O–H groups in total. The molecular weight excluding hydrogens is 686 g/mol. The second-order valence-electron chi connectivity index (χ2n) is 11.0. The van der Waals surface area contributed by atoms with Crippen molar-refractivity contribution in [3.05, 3.63) is 41.2 Å². The van der Waals surface area contributed by atoms with Crippen LogP contribution in [0.15, 0.2) is 35.6 Å². The van der Waals surface area contributed by atoms with Gasteiger partial charge in [0, 0.05) is 18.9 Å². The summed E-state index contributed by atoms with van der Waals surface area (Å²) in [6, 6.07) is 2.98. The first-order valence-electron chi connectivity index (χ1n) is 14.4. The number of phosphoric ester groups is 2. The van der Waals surface area contributed by atoms with Gasteiger partial charge in [-0.2, -0.15) is 4.98 Å². The van der Waals surface area contributed by atoms with E-state index in [2.05, 4.69) is 25.3 Å². The molecular formula is C24H30N8O14P2. The molecule has 0 saturated carbocycles. The molecule has 10 unspecified atom stereocenters. The van der Waals surface area contributed by atoms with Gasteiger partial charge in [-0.25, -0.2) is 19.1 Å². The molecule has 0 aliphatic carbocycles. The maximum absolute atomic E-state index is 13.3. The number of aromatic amines is 1. The molecule has 3 saturated heterocycles. The van der Waals surface area contributed by atoms with E-state index in [1.165, 1.54) is 33.9 Å². The molecule has 3 aliphatic rings. The molecule has 48 heavy (non-hydrogen) atoms. The number of nitrogens with zero attached hydrogens (tertiary/aromatic N) is 5. The van der Waals surface area contributed by atoms with Crippen LogP contribution in [0.5, 0.6) is 0 Å². The number of nitrogens with two attached hydrogens (primary N) is 1. The zero-order valence-electron chi connectivity index (χ0n) is 24.5. The smallest absolute Gasteiger partial charge is 0.395 e. The number of aliphatic hydroxyl groups is 3. The summed E-state index contributed by atoms with van der Waals surface area (Å²) < 4.78 is 61.9. The van der Waals surface area contributed by atoms with Crippen LogP contribution in [0.4, 0.5) is 11.8 Å². The van der Waals surface area contributed by atoms with Crippen molar-refractivity contribution >= 4 is 49.5 Å². The first-order valence-corrected chi connectivity index (χ1v) is 17.4. The van der Waals surface area contributed by atoms with E-state index in [1.54, 1.807) is 6.07 Å². The molecule has 7 rings (SSSR count). The average molecular weight is 716 g/mol. The van der Waals surface area contributed by atoms with Crippen LogP contribution >= 0.6 is 15.6 Å². The Balaban J connectivity index is 1.19. The third-order valence-electron chi connectivity index (χ3n) is 8.00. The Kier molecular flexibility index (Phi) is 8.65. The highest BCUT2D eigenvalue weighted by Gasteiger charge is 2.53. The first-order chi connectivity index (χ1) is 22.9. The van der Waals surface area contributed by atoms with Crippen molar-refractivity contribution in [3.63, 3.8) is 0 Å². The lowest BCUT2D eigenvalue weighted by atomic mass is 10.1. The van der Waals surface area contributed by atoms with E-state index in [-0.39, 0.29) is 35.8 Å². The Morgan fingerprint density at radius 1 is 0.917 bits per heavy atom. The number of phosphoric acid groups is 2. The summed E-state index contributed by atoms with van der Waals surface area (Å²) in [4.78, 5) is 48.6. The van der Waals surface area contributed by atoms with Gasteiger partial charge in [-0.15, -0.1) is 0 Å². The second kappa shape index (κ2) is 12.5. The van der Waals surface area contributed by atoms with Crippen molar-refractivity contribution < 1.29 is 61.8 Å². The zero-order valence-corrected chi connectivity index (χ0v) is 26.2. The van der Waals surface area contributed by atoms with E-state index >= 15 is 0 Å². The van der Waals surface area contributed by atoms with Gasteiger partial charge in [-0.05, 0) is 12.1 Å². The molecule has 260 valence electrons. The molecule has 2 bridgehead atoms. The van der Waals surface area contributed by atoms with Crippen molar-refractivity contribution in [2.24, 2.45) is 0 Å². The Bertz CT molecular complexity index is 1990. The van der Waals surface area contributed by atoms with Gasteiger partial charge in [0.15, 0.2) is 18.1 Å². The Morgan fingerprint density at radius 2 is 1.56 bits per heavy atom. The Labute approximate surface area is 268 Å². The van der Waals surface area contributed by atoms with Gasteiger partial charge in [0.05, 0.1) is 30.6 Å². The van der Waals surface area contributed by atoms with E-state index in [9.17, 15) is 39.0 Å². The lowest BCUT2D eigenvalue weighted by molar-refractivity contribution is -0.0670. The number of ether oxygens (including phenoxy) is 2. The van der Waals surface area contributed by atoms with Crippen molar-refractivity contribution in [1.29, 1.82) is 0 Å². The molecule has 24 heteroatoms. The normalized spacial score (nSPS) is 36.0. The van der Waals surface area contributed by atoms with Gasteiger partial charge in [-0.1, -0.05) is 0 Å². The number of aliphatic hydroxyl groups excluding tert-OH is 3. The number of aromatic nitrogens is 6. The van der Waals surface area contributed by atoms with E-state index in [0.717, 1.165) is 0 Å². The van der Waals surface area contributed by atoms with E-state index in [4.69, 9.17) is 33.3 Å². The summed E-state index contributed by atoms with van der Waals surface area (Å²) in [5.74, 6) is 0.135. The first kappa shape index (κ1) is 33.2. The quantitative estimate of drug-likeness (QED) is 0.111. The summed E-state index contributed by atoms with van der Waals surface area (Å²) in [6.07, 6.45) is -8.33. The Hall–Kier alpha value is -3.34. The maximum atomic E-state index is 13.3. The molecule has 0 amide bonds.